The van der Waals surface area contributed by atoms with Crippen LogP contribution in [0.2, 0.25) is 0 Å². The molecule has 114 valence electrons. The highest BCUT2D eigenvalue weighted by molar-refractivity contribution is 6.03. The third kappa shape index (κ3) is 2.94. The van der Waals surface area contributed by atoms with E-state index in [1.807, 2.05) is 13.8 Å². The van der Waals surface area contributed by atoms with Crippen molar-refractivity contribution in [2.45, 2.75) is 45.4 Å². The molecule has 0 bridgehead atoms. The van der Waals surface area contributed by atoms with Gasteiger partial charge in [0.25, 0.3) is 0 Å². The maximum absolute atomic E-state index is 11.5. The quantitative estimate of drug-likeness (QED) is 0.789. The zero-order valence-corrected chi connectivity index (χ0v) is 12.7. The lowest BCUT2D eigenvalue weighted by atomic mass is 9.86. The van der Waals surface area contributed by atoms with Gasteiger partial charge in [-0.1, -0.05) is 18.2 Å². The van der Waals surface area contributed by atoms with Gasteiger partial charge in [0.1, 0.15) is 16.9 Å². The van der Waals surface area contributed by atoms with Crippen LogP contribution in [0.25, 0.3) is 11.0 Å². The molecule has 0 aliphatic heterocycles. The van der Waals surface area contributed by atoms with Crippen molar-refractivity contribution in [2.75, 3.05) is 0 Å². The minimum Gasteiger partial charge on any atom is -0.478 e. The summed E-state index contributed by atoms with van der Waals surface area (Å²) in [6.45, 7) is 7.35. The lowest BCUT2D eigenvalue weighted by molar-refractivity contribution is -0.00600. The van der Waals surface area contributed by atoms with Crippen LogP contribution in [0.15, 0.2) is 28.7 Å². The molecule has 3 N–H and O–H groups in total. The van der Waals surface area contributed by atoms with Gasteiger partial charge in [-0.2, -0.15) is 0 Å². The number of hydrogen-bond donors (Lipinski definition) is 3. The summed E-state index contributed by atoms with van der Waals surface area (Å²) in [6.07, 6.45) is 0. The van der Waals surface area contributed by atoms with E-state index in [9.17, 15) is 15.0 Å². The molecule has 5 heteroatoms. The second-order valence-electron chi connectivity index (χ2n) is 6.24. The molecule has 0 fully saturated rings. The van der Waals surface area contributed by atoms with Gasteiger partial charge in [0, 0.05) is 10.9 Å². The molecule has 0 aliphatic rings. The van der Waals surface area contributed by atoms with E-state index in [0.29, 0.717) is 16.7 Å². The first kappa shape index (κ1) is 15.5. The number of carboxylic acids is 1. The minimum atomic E-state index is -1.02. The Morgan fingerprint density at radius 1 is 1.24 bits per heavy atom. The van der Waals surface area contributed by atoms with Crippen LogP contribution in [-0.2, 0) is 6.54 Å². The minimum absolute atomic E-state index is 0.171. The van der Waals surface area contributed by atoms with E-state index in [1.54, 1.807) is 38.1 Å². The standard InChI is InChI=1S/C16H21NO4/c1-15(2,16(3,4)20)17-9-12-13(14(18)19)10-7-5-6-8-11(10)21-12/h5-8,17,20H,9H2,1-4H3,(H,18,19). The number of carbonyl (C=O) groups is 1. The third-order valence-corrected chi connectivity index (χ3v) is 4.10. The topological polar surface area (TPSA) is 82.7 Å². The van der Waals surface area contributed by atoms with Crippen molar-refractivity contribution in [1.29, 1.82) is 0 Å². The van der Waals surface area contributed by atoms with Crippen LogP contribution in [0.5, 0.6) is 0 Å². The second kappa shape index (κ2) is 5.16. The Kier molecular flexibility index (Phi) is 3.82. The van der Waals surface area contributed by atoms with E-state index < -0.39 is 17.1 Å². The fraction of sp³-hybridized carbons (Fsp3) is 0.438. The lowest BCUT2D eigenvalue weighted by Crippen LogP contribution is -2.55. The monoisotopic (exact) mass is 291 g/mol. The second-order valence-corrected chi connectivity index (χ2v) is 6.24. The summed E-state index contributed by atoms with van der Waals surface area (Å²) in [5, 5.41) is 23.3. The van der Waals surface area contributed by atoms with Crippen LogP contribution in [-0.4, -0.2) is 27.3 Å². The highest BCUT2D eigenvalue weighted by Crippen LogP contribution is 2.27. The molecule has 0 atom stereocenters. The summed E-state index contributed by atoms with van der Waals surface area (Å²) < 4.78 is 5.64. The number of furan rings is 1. The molecule has 5 nitrogen and oxygen atoms in total. The van der Waals surface area contributed by atoms with Crippen LogP contribution in [0.1, 0.15) is 43.8 Å². The first-order chi connectivity index (χ1) is 9.63. The number of aliphatic hydroxyl groups is 1. The summed E-state index contributed by atoms with van der Waals surface area (Å²) in [6, 6.07) is 7.05. The fourth-order valence-corrected chi connectivity index (χ4v) is 1.97. The number of benzene rings is 1. The zero-order chi connectivity index (χ0) is 15.8. The van der Waals surface area contributed by atoms with Crippen LogP contribution in [0.3, 0.4) is 0 Å². The predicted octanol–water partition coefficient (Wildman–Crippen LogP) is 2.77. The first-order valence-electron chi connectivity index (χ1n) is 6.84. The zero-order valence-electron chi connectivity index (χ0n) is 12.7. The van der Waals surface area contributed by atoms with E-state index in [-0.39, 0.29) is 12.1 Å². The number of fused-ring (bicyclic) bond motifs is 1. The molecule has 0 spiro atoms. The Morgan fingerprint density at radius 2 is 1.86 bits per heavy atom. The van der Waals surface area contributed by atoms with Gasteiger partial charge in [-0.3, -0.25) is 0 Å². The Labute approximate surface area is 123 Å². The molecule has 2 rings (SSSR count). The number of nitrogens with one attached hydrogen (secondary N) is 1. The van der Waals surface area contributed by atoms with E-state index in [0.717, 1.165) is 0 Å². The highest BCUT2D eigenvalue weighted by atomic mass is 16.4. The van der Waals surface area contributed by atoms with E-state index >= 15 is 0 Å². The number of aromatic carboxylic acids is 1. The van der Waals surface area contributed by atoms with Crippen molar-refractivity contribution in [3.8, 4) is 0 Å². The molecular formula is C16H21NO4. The van der Waals surface area contributed by atoms with Crippen LogP contribution in [0, 0.1) is 0 Å². The van der Waals surface area contributed by atoms with E-state index in [2.05, 4.69) is 5.32 Å². The molecule has 0 saturated heterocycles. The number of carboxylic acid groups (broad SMARTS) is 1. The number of para-hydroxylation sites is 1. The van der Waals surface area contributed by atoms with Gasteiger partial charge in [0.2, 0.25) is 0 Å². The molecule has 2 aromatic rings. The van der Waals surface area contributed by atoms with Crippen molar-refractivity contribution in [3.05, 3.63) is 35.6 Å². The van der Waals surface area contributed by atoms with E-state index in [1.165, 1.54) is 0 Å². The first-order valence-corrected chi connectivity index (χ1v) is 6.84. The summed E-state index contributed by atoms with van der Waals surface area (Å²) >= 11 is 0. The lowest BCUT2D eigenvalue weighted by Gasteiger charge is -2.38. The summed E-state index contributed by atoms with van der Waals surface area (Å²) in [5.41, 5.74) is -0.832. The van der Waals surface area contributed by atoms with Crippen molar-refractivity contribution in [3.63, 3.8) is 0 Å². The Morgan fingerprint density at radius 3 is 2.43 bits per heavy atom. The maximum Gasteiger partial charge on any atom is 0.339 e. The fourth-order valence-electron chi connectivity index (χ4n) is 1.97. The predicted molar refractivity (Wildman–Crippen MR) is 80.4 cm³/mol. The molecule has 0 aliphatic carbocycles. The molecule has 0 saturated carbocycles. The molecule has 0 radical (unpaired) electrons. The SMILES string of the molecule is CC(C)(O)C(C)(C)NCc1oc2ccccc2c1C(=O)O. The van der Waals surface area contributed by atoms with Gasteiger partial charge in [0.05, 0.1) is 12.1 Å². The van der Waals surface area contributed by atoms with Crippen molar-refractivity contribution < 1.29 is 19.4 Å². The summed E-state index contributed by atoms with van der Waals surface area (Å²) in [4.78, 5) is 11.5. The molecule has 0 unspecified atom stereocenters. The average Bonchev–Trinajstić information content (AvgIpc) is 2.73. The van der Waals surface area contributed by atoms with Gasteiger partial charge in [-0.15, -0.1) is 0 Å². The summed E-state index contributed by atoms with van der Waals surface area (Å²) in [5.74, 6) is -0.654. The normalized spacial score (nSPS) is 12.8. The summed E-state index contributed by atoms with van der Waals surface area (Å²) in [7, 11) is 0. The average molecular weight is 291 g/mol. The highest BCUT2D eigenvalue weighted by Gasteiger charge is 2.35. The van der Waals surface area contributed by atoms with Gasteiger partial charge in [-0.25, -0.2) is 4.79 Å². The number of hydrogen-bond acceptors (Lipinski definition) is 4. The third-order valence-electron chi connectivity index (χ3n) is 4.10. The van der Waals surface area contributed by atoms with Crippen molar-refractivity contribution in [1.82, 2.24) is 5.32 Å². The number of rotatable bonds is 5. The molecule has 0 amide bonds. The van der Waals surface area contributed by atoms with Gasteiger partial charge >= 0.3 is 5.97 Å². The maximum atomic E-state index is 11.5. The van der Waals surface area contributed by atoms with Crippen molar-refractivity contribution >= 4 is 16.9 Å². The smallest absolute Gasteiger partial charge is 0.339 e. The largest absolute Gasteiger partial charge is 0.478 e. The Bertz CT molecular complexity index is 664. The Balaban J connectivity index is 2.35. The van der Waals surface area contributed by atoms with E-state index in [4.69, 9.17) is 4.42 Å². The van der Waals surface area contributed by atoms with Gasteiger partial charge in [-0.05, 0) is 33.8 Å². The molecule has 1 heterocycles. The van der Waals surface area contributed by atoms with Crippen LogP contribution < -0.4 is 5.32 Å². The van der Waals surface area contributed by atoms with Gasteiger partial charge in [0.15, 0.2) is 0 Å². The van der Waals surface area contributed by atoms with Crippen molar-refractivity contribution in [2.24, 2.45) is 0 Å². The van der Waals surface area contributed by atoms with Crippen LogP contribution >= 0.6 is 0 Å². The molecule has 1 aromatic heterocycles. The molecular weight excluding hydrogens is 270 g/mol. The molecule has 1 aromatic carbocycles. The van der Waals surface area contributed by atoms with Crippen LogP contribution in [0.4, 0.5) is 0 Å². The Hall–Kier alpha value is -1.85. The van der Waals surface area contributed by atoms with Gasteiger partial charge < -0.3 is 19.9 Å². The molecule has 21 heavy (non-hydrogen) atoms.